The van der Waals surface area contributed by atoms with Gasteiger partial charge in [0.25, 0.3) is 0 Å². The fourth-order valence-corrected chi connectivity index (χ4v) is 2.32. The molecule has 1 atom stereocenters. The summed E-state index contributed by atoms with van der Waals surface area (Å²) in [6, 6.07) is 6.93. The summed E-state index contributed by atoms with van der Waals surface area (Å²) in [7, 11) is 0. The van der Waals surface area contributed by atoms with Crippen LogP contribution < -0.4 is 21.1 Å². The minimum absolute atomic E-state index is 0.0401. The molecule has 0 aliphatic carbocycles. The molecule has 2 rings (SSSR count). The standard InChI is InChI=1S/C17H23N5O3/c1-11(2)25-15-7-5-4-6-14(15)12(3)20-17(24)21-13-8-19-22(9-13)10-16(18)23/h4-9,11-12H,10H2,1-3H3,(H2,18,23)(H2,20,21,24)/t12-/m0/s1. The number of benzene rings is 1. The summed E-state index contributed by atoms with van der Waals surface area (Å²) in [5.74, 6) is 0.231. The number of aromatic nitrogens is 2. The molecule has 134 valence electrons. The number of primary amides is 1. The number of nitrogens with one attached hydrogen (secondary N) is 2. The smallest absolute Gasteiger partial charge is 0.319 e. The summed E-state index contributed by atoms with van der Waals surface area (Å²) in [6.07, 6.45) is 3.02. The Labute approximate surface area is 146 Å². The number of anilines is 1. The van der Waals surface area contributed by atoms with Crippen LogP contribution in [0.3, 0.4) is 0 Å². The van der Waals surface area contributed by atoms with Gasteiger partial charge in [-0.05, 0) is 26.8 Å². The molecule has 0 bridgehead atoms. The highest BCUT2D eigenvalue weighted by atomic mass is 16.5. The molecule has 2 aromatic rings. The van der Waals surface area contributed by atoms with Crippen molar-refractivity contribution in [2.45, 2.75) is 39.5 Å². The van der Waals surface area contributed by atoms with Crippen LogP contribution in [0.15, 0.2) is 36.7 Å². The van der Waals surface area contributed by atoms with E-state index in [-0.39, 0.29) is 24.7 Å². The molecule has 0 fully saturated rings. The molecule has 3 amide bonds. The summed E-state index contributed by atoms with van der Waals surface area (Å²) in [5.41, 5.74) is 6.46. The average molecular weight is 345 g/mol. The highest BCUT2D eigenvalue weighted by molar-refractivity contribution is 5.89. The van der Waals surface area contributed by atoms with E-state index in [9.17, 15) is 9.59 Å². The number of nitrogens with two attached hydrogens (primary N) is 1. The Balaban J connectivity index is 1.98. The molecule has 0 saturated carbocycles. The molecule has 1 heterocycles. The summed E-state index contributed by atoms with van der Waals surface area (Å²) < 4.78 is 7.13. The summed E-state index contributed by atoms with van der Waals surface area (Å²) in [6.45, 7) is 5.73. The number of hydrogen-bond acceptors (Lipinski definition) is 4. The zero-order chi connectivity index (χ0) is 18.4. The highest BCUT2D eigenvalue weighted by Crippen LogP contribution is 2.25. The second-order valence-electron chi connectivity index (χ2n) is 5.92. The molecule has 0 saturated heterocycles. The topological polar surface area (TPSA) is 111 Å². The van der Waals surface area contributed by atoms with Crippen molar-refractivity contribution in [1.82, 2.24) is 15.1 Å². The van der Waals surface area contributed by atoms with E-state index < -0.39 is 5.91 Å². The van der Waals surface area contributed by atoms with Crippen LogP contribution in [-0.2, 0) is 11.3 Å². The Kier molecular flexibility index (Phi) is 5.99. The number of amides is 3. The van der Waals surface area contributed by atoms with Gasteiger partial charge < -0.3 is 21.1 Å². The molecule has 8 nitrogen and oxygen atoms in total. The number of para-hydroxylation sites is 1. The normalized spacial score (nSPS) is 11.8. The summed E-state index contributed by atoms with van der Waals surface area (Å²) in [5, 5.41) is 9.47. The van der Waals surface area contributed by atoms with Gasteiger partial charge in [0.2, 0.25) is 5.91 Å². The molecule has 0 spiro atoms. The lowest BCUT2D eigenvalue weighted by atomic mass is 10.1. The first-order valence-corrected chi connectivity index (χ1v) is 7.99. The molecule has 1 aromatic heterocycles. The van der Waals surface area contributed by atoms with Crippen LogP contribution in [0, 0.1) is 0 Å². The Morgan fingerprint density at radius 3 is 2.68 bits per heavy atom. The van der Waals surface area contributed by atoms with Gasteiger partial charge in [0.05, 0.1) is 24.0 Å². The number of hydrogen-bond donors (Lipinski definition) is 3. The van der Waals surface area contributed by atoms with E-state index >= 15 is 0 Å². The molecular formula is C17H23N5O3. The minimum atomic E-state index is -0.505. The van der Waals surface area contributed by atoms with E-state index in [4.69, 9.17) is 10.5 Å². The number of rotatable bonds is 7. The van der Waals surface area contributed by atoms with Crippen LogP contribution in [-0.4, -0.2) is 27.8 Å². The second-order valence-corrected chi connectivity index (χ2v) is 5.92. The van der Waals surface area contributed by atoms with Gasteiger partial charge in [0.15, 0.2) is 0 Å². The van der Waals surface area contributed by atoms with Crippen molar-refractivity contribution in [3.8, 4) is 5.75 Å². The van der Waals surface area contributed by atoms with E-state index in [0.717, 1.165) is 11.3 Å². The fourth-order valence-electron chi connectivity index (χ4n) is 2.32. The Bertz CT molecular complexity index is 741. The lowest BCUT2D eigenvalue weighted by Crippen LogP contribution is -2.31. The molecule has 1 aromatic carbocycles. The maximum absolute atomic E-state index is 12.2. The van der Waals surface area contributed by atoms with Crippen LogP contribution in [0.25, 0.3) is 0 Å². The van der Waals surface area contributed by atoms with E-state index in [2.05, 4.69) is 15.7 Å². The number of urea groups is 1. The first kappa shape index (κ1) is 18.3. The number of nitrogens with zero attached hydrogens (tertiary/aromatic N) is 2. The summed E-state index contributed by atoms with van der Waals surface area (Å²) >= 11 is 0. The zero-order valence-corrected chi connectivity index (χ0v) is 14.5. The van der Waals surface area contributed by atoms with Gasteiger partial charge in [0.1, 0.15) is 12.3 Å². The molecule has 0 aliphatic rings. The van der Waals surface area contributed by atoms with Crippen LogP contribution in [0.4, 0.5) is 10.5 Å². The van der Waals surface area contributed by atoms with Crippen molar-refractivity contribution < 1.29 is 14.3 Å². The molecular weight excluding hydrogens is 322 g/mol. The Morgan fingerprint density at radius 2 is 2.00 bits per heavy atom. The SMILES string of the molecule is CC(C)Oc1ccccc1[C@H](C)NC(=O)Nc1cnn(CC(N)=O)c1. The monoisotopic (exact) mass is 345 g/mol. The van der Waals surface area contributed by atoms with Crippen molar-refractivity contribution >= 4 is 17.6 Å². The van der Waals surface area contributed by atoms with E-state index in [1.54, 1.807) is 0 Å². The molecule has 4 N–H and O–H groups in total. The van der Waals surface area contributed by atoms with Crippen LogP contribution >= 0.6 is 0 Å². The van der Waals surface area contributed by atoms with Gasteiger partial charge >= 0.3 is 6.03 Å². The first-order chi connectivity index (χ1) is 11.8. The minimum Gasteiger partial charge on any atom is -0.491 e. The summed E-state index contributed by atoms with van der Waals surface area (Å²) in [4.78, 5) is 23.0. The van der Waals surface area contributed by atoms with E-state index in [0.29, 0.717) is 5.69 Å². The average Bonchev–Trinajstić information content (AvgIpc) is 2.93. The third-order valence-corrected chi connectivity index (χ3v) is 3.30. The van der Waals surface area contributed by atoms with E-state index in [1.807, 2.05) is 45.0 Å². The van der Waals surface area contributed by atoms with Crippen molar-refractivity contribution in [3.05, 3.63) is 42.2 Å². The fraction of sp³-hybridized carbons (Fsp3) is 0.353. The lowest BCUT2D eigenvalue weighted by molar-refractivity contribution is -0.118. The van der Waals surface area contributed by atoms with Crippen molar-refractivity contribution in [2.24, 2.45) is 5.73 Å². The van der Waals surface area contributed by atoms with Gasteiger partial charge in [0, 0.05) is 11.8 Å². The molecule has 0 radical (unpaired) electrons. The third-order valence-electron chi connectivity index (χ3n) is 3.30. The highest BCUT2D eigenvalue weighted by Gasteiger charge is 2.15. The zero-order valence-electron chi connectivity index (χ0n) is 14.5. The lowest BCUT2D eigenvalue weighted by Gasteiger charge is -2.19. The van der Waals surface area contributed by atoms with Gasteiger partial charge in [-0.2, -0.15) is 5.10 Å². The molecule has 0 unspecified atom stereocenters. The Hall–Kier alpha value is -3.03. The van der Waals surface area contributed by atoms with Crippen molar-refractivity contribution in [1.29, 1.82) is 0 Å². The van der Waals surface area contributed by atoms with Gasteiger partial charge in [-0.15, -0.1) is 0 Å². The maximum Gasteiger partial charge on any atom is 0.319 e. The quantitative estimate of drug-likeness (QED) is 0.713. The van der Waals surface area contributed by atoms with Crippen LogP contribution in [0.1, 0.15) is 32.4 Å². The van der Waals surface area contributed by atoms with Gasteiger partial charge in [-0.25, -0.2) is 4.79 Å². The Morgan fingerprint density at radius 1 is 1.28 bits per heavy atom. The maximum atomic E-state index is 12.2. The first-order valence-electron chi connectivity index (χ1n) is 7.99. The number of carbonyl (C=O) groups excluding carboxylic acids is 2. The predicted molar refractivity (Wildman–Crippen MR) is 94.2 cm³/mol. The van der Waals surface area contributed by atoms with E-state index in [1.165, 1.54) is 17.1 Å². The van der Waals surface area contributed by atoms with Crippen LogP contribution in [0.2, 0.25) is 0 Å². The van der Waals surface area contributed by atoms with Crippen LogP contribution in [0.5, 0.6) is 5.75 Å². The largest absolute Gasteiger partial charge is 0.491 e. The van der Waals surface area contributed by atoms with Gasteiger partial charge in [-0.1, -0.05) is 18.2 Å². The van der Waals surface area contributed by atoms with Crippen molar-refractivity contribution in [3.63, 3.8) is 0 Å². The molecule has 25 heavy (non-hydrogen) atoms. The predicted octanol–water partition coefficient (Wildman–Crippen LogP) is 2.04. The number of carbonyl (C=O) groups is 2. The van der Waals surface area contributed by atoms with Crippen molar-refractivity contribution in [2.75, 3.05) is 5.32 Å². The second kappa shape index (κ2) is 8.18. The number of ether oxygens (including phenoxy) is 1. The molecule has 8 heteroatoms. The third kappa shape index (κ3) is 5.52. The van der Waals surface area contributed by atoms with Gasteiger partial charge in [-0.3, -0.25) is 9.48 Å². The molecule has 0 aliphatic heterocycles.